The van der Waals surface area contributed by atoms with E-state index in [4.69, 9.17) is 5.73 Å². The number of benzene rings is 1. The summed E-state index contributed by atoms with van der Waals surface area (Å²) in [7, 11) is 2.16. The topological polar surface area (TPSA) is 96.2 Å². The number of nitrogen functional groups attached to an aromatic ring is 1. The minimum absolute atomic E-state index is 0.128. The molecule has 31 heavy (non-hydrogen) atoms. The zero-order valence-corrected chi connectivity index (χ0v) is 18.2. The van der Waals surface area contributed by atoms with Crippen molar-refractivity contribution < 1.29 is 4.79 Å². The fraction of sp³-hybridized carbons (Fsp3) is 0.375. The van der Waals surface area contributed by atoms with Crippen LogP contribution in [0.2, 0.25) is 0 Å². The van der Waals surface area contributed by atoms with Crippen LogP contribution in [-0.2, 0) is 6.54 Å². The van der Waals surface area contributed by atoms with Crippen molar-refractivity contribution >= 4 is 28.3 Å². The lowest BCUT2D eigenvalue weighted by atomic mass is 9.97. The lowest BCUT2D eigenvalue weighted by molar-refractivity contribution is 0.0951. The largest absolute Gasteiger partial charge is 0.383 e. The van der Waals surface area contributed by atoms with Gasteiger partial charge in [0.25, 0.3) is 5.91 Å². The molecule has 0 atom stereocenters. The minimum Gasteiger partial charge on any atom is -0.383 e. The van der Waals surface area contributed by atoms with Crippen molar-refractivity contribution in [3.05, 3.63) is 59.4 Å². The number of piperidine rings is 1. The van der Waals surface area contributed by atoms with Gasteiger partial charge in [-0.15, -0.1) is 0 Å². The van der Waals surface area contributed by atoms with Gasteiger partial charge in [-0.1, -0.05) is 12.1 Å². The number of likely N-dealkylation sites (tertiary alicyclic amines) is 1. The maximum atomic E-state index is 13.0. The highest BCUT2D eigenvalue weighted by molar-refractivity contribution is 5.99. The molecule has 1 aliphatic rings. The smallest absolute Gasteiger partial charge is 0.255 e. The Morgan fingerprint density at radius 2 is 2.00 bits per heavy atom. The van der Waals surface area contributed by atoms with Crippen molar-refractivity contribution in [3.63, 3.8) is 0 Å². The van der Waals surface area contributed by atoms with Gasteiger partial charge in [0.1, 0.15) is 11.6 Å². The highest BCUT2D eigenvalue weighted by atomic mass is 16.1. The molecule has 1 fully saturated rings. The summed E-state index contributed by atoms with van der Waals surface area (Å²) >= 11 is 0. The number of fused-ring (bicyclic) bond motifs is 1. The molecule has 7 heteroatoms. The predicted molar refractivity (Wildman–Crippen MR) is 125 cm³/mol. The van der Waals surface area contributed by atoms with Gasteiger partial charge in [-0.3, -0.25) is 4.79 Å². The normalized spacial score (nSPS) is 15.2. The van der Waals surface area contributed by atoms with Crippen molar-refractivity contribution in [2.75, 3.05) is 37.7 Å². The molecule has 0 unspecified atom stereocenters. The van der Waals surface area contributed by atoms with Crippen LogP contribution < -0.4 is 16.4 Å². The summed E-state index contributed by atoms with van der Waals surface area (Å²) in [6, 6.07) is 9.76. The monoisotopic (exact) mass is 418 g/mol. The van der Waals surface area contributed by atoms with Gasteiger partial charge in [0.05, 0.1) is 5.56 Å². The Hall–Kier alpha value is -3.19. The molecule has 0 bridgehead atoms. The zero-order valence-electron chi connectivity index (χ0n) is 18.2. The lowest BCUT2D eigenvalue weighted by Crippen LogP contribution is -2.33. The summed E-state index contributed by atoms with van der Waals surface area (Å²) in [6.45, 7) is 5.46. The molecule has 4 rings (SSSR count). The van der Waals surface area contributed by atoms with Crippen LogP contribution in [0.5, 0.6) is 0 Å². The van der Waals surface area contributed by atoms with Gasteiger partial charge < -0.3 is 21.3 Å². The summed E-state index contributed by atoms with van der Waals surface area (Å²) in [4.78, 5) is 23.9. The van der Waals surface area contributed by atoms with E-state index < -0.39 is 0 Å². The molecule has 0 radical (unpaired) electrons. The fourth-order valence-corrected chi connectivity index (χ4v) is 4.03. The summed E-state index contributed by atoms with van der Waals surface area (Å²) < 4.78 is 0. The molecule has 3 aromatic rings. The van der Waals surface area contributed by atoms with Gasteiger partial charge in [-0.2, -0.15) is 0 Å². The number of pyridine rings is 2. The summed E-state index contributed by atoms with van der Waals surface area (Å²) in [5, 5.41) is 8.39. The molecule has 2 aromatic heterocycles. The molecule has 3 heterocycles. The standard InChI is InChI=1S/C24H30N6O/c1-16-11-21(23(27-13-16)28-14-17-6-9-30(2)10-7-17)24(31)29-15-18-3-4-20-19(12-18)5-8-26-22(20)25/h3-5,8,11-13,17H,6-7,9-10,14-15H2,1-2H3,(H2,25,26)(H,27,28)(H,29,31). The van der Waals surface area contributed by atoms with E-state index in [1.165, 1.54) is 12.8 Å². The first-order chi connectivity index (χ1) is 15.0. The van der Waals surface area contributed by atoms with Crippen LogP contribution in [0, 0.1) is 12.8 Å². The Bertz CT molecular complexity index is 1070. The Kier molecular flexibility index (Phi) is 6.32. The molecular formula is C24H30N6O. The molecule has 0 aliphatic carbocycles. The van der Waals surface area contributed by atoms with Crippen LogP contribution >= 0.6 is 0 Å². The van der Waals surface area contributed by atoms with Crippen LogP contribution in [-0.4, -0.2) is 47.5 Å². The quantitative estimate of drug-likeness (QED) is 0.569. The number of aryl methyl sites for hydroxylation is 1. The molecule has 0 saturated carbocycles. The summed E-state index contributed by atoms with van der Waals surface area (Å²) in [6.07, 6.45) is 5.83. The first kappa shape index (κ1) is 21.1. The number of anilines is 2. The molecule has 1 aromatic carbocycles. The van der Waals surface area contributed by atoms with Gasteiger partial charge in [0.15, 0.2) is 0 Å². The second kappa shape index (κ2) is 9.31. The van der Waals surface area contributed by atoms with E-state index in [2.05, 4.69) is 32.5 Å². The third kappa shape index (κ3) is 5.11. The number of rotatable bonds is 6. The molecule has 7 nitrogen and oxygen atoms in total. The van der Waals surface area contributed by atoms with Crippen molar-refractivity contribution in [2.45, 2.75) is 26.3 Å². The number of nitrogens with zero attached hydrogens (tertiary/aromatic N) is 3. The second-order valence-corrected chi connectivity index (χ2v) is 8.47. The van der Waals surface area contributed by atoms with E-state index in [0.29, 0.717) is 29.7 Å². The number of carbonyl (C=O) groups is 1. The second-order valence-electron chi connectivity index (χ2n) is 8.47. The highest BCUT2D eigenvalue weighted by Crippen LogP contribution is 2.21. The van der Waals surface area contributed by atoms with Crippen LogP contribution in [0.4, 0.5) is 11.6 Å². The minimum atomic E-state index is -0.128. The molecular weight excluding hydrogens is 388 g/mol. The van der Waals surface area contributed by atoms with Crippen LogP contribution in [0.3, 0.4) is 0 Å². The molecule has 162 valence electrons. The van der Waals surface area contributed by atoms with Crippen molar-refractivity contribution in [1.82, 2.24) is 20.2 Å². The molecule has 1 amide bonds. The first-order valence-corrected chi connectivity index (χ1v) is 10.8. The number of amides is 1. The van der Waals surface area contributed by atoms with Crippen molar-refractivity contribution in [2.24, 2.45) is 5.92 Å². The Labute approximate surface area is 183 Å². The number of aromatic nitrogens is 2. The Morgan fingerprint density at radius 1 is 1.19 bits per heavy atom. The third-order valence-corrected chi connectivity index (χ3v) is 5.98. The number of nitrogens with two attached hydrogens (primary N) is 1. The van der Waals surface area contributed by atoms with Gasteiger partial charge in [-0.25, -0.2) is 9.97 Å². The Morgan fingerprint density at radius 3 is 2.81 bits per heavy atom. The maximum Gasteiger partial charge on any atom is 0.255 e. The lowest BCUT2D eigenvalue weighted by Gasteiger charge is -2.29. The predicted octanol–water partition coefficient (Wildman–Crippen LogP) is 3.20. The van der Waals surface area contributed by atoms with E-state index in [1.807, 2.05) is 37.3 Å². The molecule has 1 aliphatic heterocycles. The maximum absolute atomic E-state index is 13.0. The van der Waals surface area contributed by atoms with Gasteiger partial charge in [-0.05, 0) is 80.5 Å². The average molecular weight is 419 g/mol. The van der Waals surface area contributed by atoms with E-state index in [1.54, 1.807) is 12.4 Å². The molecule has 4 N–H and O–H groups in total. The number of hydrogen-bond acceptors (Lipinski definition) is 6. The highest BCUT2D eigenvalue weighted by Gasteiger charge is 2.18. The van der Waals surface area contributed by atoms with Crippen LogP contribution in [0.1, 0.15) is 34.3 Å². The van der Waals surface area contributed by atoms with Gasteiger partial charge in [0.2, 0.25) is 0 Å². The van der Waals surface area contributed by atoms with Crippen molar-refractivity contribution in [1.29, 1.82) is 0 Å². The SMILES string of the molecule is Cc1cnc(NCC2CCN(C)CC2)c(C(=O)NCc2ccc3c(N)nccc3c2)c1. The number of nitrogens with one attached hydrogen (secondary N) is 2. The van der Waals surface area contributed by atoms with Gasteiger partial charge in [0, 0.05) is 30.9 Å². The van der Waals surface area contributed by atoms with Crippen LogP contribution in [0.25, 0.3) is 10.8 Å². The number of carbonyl (C=O) groups excluding carboxylic acids is 1. The van der Waals surface area contributed by atoms with Crippen LogP contribution in [0.15, 0.2) is 42.7 Å². The van der Waals surface area contributed by atoms with E-state index in [9.17, 15) is 4.79 Å². The molecule has 1 saturated heterocycles. The van der Waals surface area contributed by atoms with E-state index in [0.717, 1.165) is 41.5 Å². The third-order valence-electron chi connectivity index (χ3n) is 5.98. The number of hydrogen-bond donors (Lipinski definition) is 3. The summed E-state index contributed by atoms with van der Waals surface area (Å²) in [5.74, 6) is 1.64. The zero-order chi connectivity index (χ0) is 21.8. The van der Waals surface area contributed by atoms with Gasteiger partial charge >= 0.3 is 0 Å². The van der Waals surface area contributed by atoms with Crippen molar-refractivity contribution in [3.8, 4) is 0 Å². The van der Waals surface area contributed by atoms with E-state index in [-0.39, 0.29) is 5.91 Å². The van der Waals surface area contributed by atoms with E-state index >= 15 is 0 Å². The first-order valence-electron chi connectivity index (χ1n) is 10.8. The Balaban J connectivity index is 1.42. The summed E-state index contributed by atoms with van der Waals surface area (Å²) in [5.41, 5.74) is 8.48. The average Bonchev–Trinajstić information content (AvgIpc) is 2.78. The molecule has 0 spiro atoms. The fourth-order valence-electron chi connectivity index (χ4n) is 4.03.